The molecule has 0 fully saturated rings. The quantitative estimate of drug-likeness (QED) is 0.425. The molecular formula is C27H31N5O2. The maximum Gasteiger partial charge on any atom is 0.252 e. The standard InChI is InChI=1S/C27H31N5O2/c1-18-10-11-20(34-13-12-31(3)4)14-22(18)27(33)29-19(2)23-15-25(26-16-28-17-32(26)5)30-24-9-7-6-8-21(23)24/h6-11,14-17,19H,12-13H2,1-5H3,(H,29,33)/t19-/m1/s1. The van der Waals surface area contributed by atoms with E-state index in [-0.39, 0.29) is 11.9 Å². The first-order valence-electron chi connectivity index (χ1n) is 11.4. The van der Waals surface area contributed by atoms with Gasteiger partial charge in [-0.1, -0.05) is 24.3 Å². The number of pyridine rings is 1. The van der Waals surface area contributed by atoms with Gasteiger partial charge in [0, 0.05) is 24.5 Å². The number of rotatable bonds is 8. The fourth-order valence-electron chi connectivity index (χ4n) is 3.93. The van der Waals surface area contributed by atoms with Crippen molar-refractivity contribution in [3.8, 4) is 17.1 Å². The molecule has 0 spiro atoms. The number of imidazole rings is 1. The van der Waals surface area contributed by atoms with E-state index in [1.807, 2.05) is 88.1 Å². The maximum absolute atomic E-state index is 13.3. The number of aromatic nitrogens is 3. The van der Waals surface area contributed by atoms with Crippen LogP contribution in [-0.2, 0) is 7.05 Å². The molecule has 0 aliphatic heterocycles. The summed E-state index contributed by atoms with van der Waals surface area (Å²) in [5.74, 6) is 0.559. The Bertz CT molecular complexity index is 1310. The SMILES string of the molecule is Cc1ccc(OCCN(C)C)cc1C(=O)N[C@H](C)c1cc(-c2cncn2C)nc2ccccc12. The third-order valence-corrected chi connectivity index (χ3v) is 5.90. The summed E-state index contributed by atoms with van der Waals surface area (Å²) in [4.78, 5) is 24.4. The van der Waals surface area contributed by atoms with Gasteiger partial charge in [0.25, 0.3) is 5.91 Å². The van der Waals surface area contributed by atoms with Gasteiger partial charge in [-0.05, 0) is 63.3 Å². The highest BCUT2D eigenvalue weighted by molar-refractivity contribution is 5.96. The van der Waals surface area contributed by atoms with Gasteiger partial charge in [0.2, 0.25) is 0 Å². The Balaban J connectivity index is 1.61. The third kappa shape index (κ3) is 5.10. The van der Waals surface area contributed by atoms with Crippen LogP contribution in [0, 0.1) is 6.92 Å². The summed E-state index contributed by atoms with van der Waals surface area (Å²) in [6.45, 7) is 5.30. The van der Waals surface area contributed by atoms with E-state index in [0.717, 1.165) is 40.0 Å². The van der Waals surface area contributed by atoms with Crippen LogP contribution in [0.5, 0.6) is 5.75 Å². The van der Waals surface area contributed by atoms with Crippen molar-refractivity contribution in [3.05, 3.63) is 77.7 Å². The molecule has 0 unspecified atom stereocenters. The average Bonchev–Trinajstić information content (AvgIpc) is 3.24. The highest BCUT2D eigenvalue weighted by atomic mass is 16.5. The number of likely N-dealkylation sites (N-methyl/N-ethyl adjacent to an activating group) is 1. The number of nitrogens with one attached hydrogen (secondary N) is 1. The number of para-hydroxylation sites is 1. The number of ether oxygens (including phenoxy) is 1. The van der Waals surface area contributed by atoms with Crippen molar-refractivity contribution in [2.24, 2.45) is 7.05 Å². The van der Waals surface area contributed by atoms with Gasteiger partial charge in [-0.3, -0.25) is 4.79 Å². The normalized spacial score (nSPS) is 12.2. The average molecular weight is 458 g/mol. The zero-order valence-corrected chi connectivity index (χ0v) is 20.4. The van der Waals surface area contributed by atoms with Crippen molar-refractivity contribution in [2.75, 3.05) is 27.2 Å². The highest BCUT2D eigenvalue weighted by Gasteiger charge is 2.18. The predicted octanol–water partition coefficient (Wildman–Crippen LogP) is 4.38. The van der Waals surface area contributed by atoms with E-state index in [9.17, 15) is 4.79 Å². The van der Waals surface area contributed by atoms with Crippen molar-refractivity contribution >= 4 is 16.8 Å². The van der Waals surface area contributed by atoms with Crippen molar-refractivity contribution in [1.82, 2.24) is 24.8 Å². The first-order valence-corrected chi connectivity index (χ1v) is 11.4. The molecule has 7 heteroatoms. The second-order valence-electron chi connectivity index (χ2n) is 8.83. The van der Waals surface area contributed by atoms with Gasteiger partial charge in [-0.25, -0.2) is 9.97 Å². The van der Waals surface area contributed by atoms with Crippen LogP contribution >= 0.6 is 0 Å². The molecule has 0 aliphatic carbocycles. The van der Waals surface area contributed by atoms with Crippen LogP contribution in [0.3, 0.4) is 0 Å². The lowest BCUT2D eigenvalue weighted by Crippen LogP contribution is -2.27. The van der Waals surface area contributed by atoms with Gasteiger partial charge in [0.15, 0.2) is 0 Å². The van der Waals surface area contributed by atoms with Gasteiger partial charge in [0.05, 0.1) is 35.5 Å². The first-order chi connectivity index (χ1) is 16.3. The smallest absolute Gasteiger partial charge is 0.252 e. The lowest BCUT2D eigenvalue weighted by Gasteiger charge is -2.19. The van der Waals surface area contributed by atoms with Gasteiger partial charge in [0.1, 0.15) is 12.4 Å². The van der Waals surface area contributed by atoms with Crippen LogP contribution in [-0.4, -0.2) is 52.6 Å². The molecule has 0 radical (unpaired) electrons. The first kappa shape index (κ1) is 23.4. The van der Waals surface area contributed by atoms with Crippen LogP contribution in [0.2, 0.25) is 0 Å². The molecule has 4 rings (SSSR count). The Labute approximate surface area is 200 Å². The number of hydrogen-bond donors (Lipinski definition) is 1. The number of amides is 1. The molecule has 4 aromatic rings. The van der Waals surface area contributed by atoms with Crippen LogP contribution in [0.1, 0.15) is 34.5 Å². The zero-order valence-electron chi connectivity index (χ0n) is 20.4. The molecule has 7 nitrogen and oxygen atoms in total. The molecule has 2 aromatic heterocycles. The van der Waals surface area contributed by atoms with Crippen molar-refractivity contribution < 1.29 is 9.53 Å². The van der Waals surface area contributed by atoms with E-state index in [1.165, 1.54) is 0 Å². The Kier molecular flexibility index (Phi) is 6.93. The number of nitrogens with zero attached hydrogens (tertiary/aromatic N) is 4. The molecule has 1 N–H and O–H groups in total. The Morgan fingerprint density at radius 2 is 1.97 bits per heavy atom. The Morgan fingerprint density at radius 3 is 2.71 bits per heavy atom. The molecule has 1 amide bonds. The molecule has 0 saturated carbocycles. The van der Waals surface area contributed by atoms with E-state index in [1.54, 1.807) is 12.5 Å². The largest absolute Gasteiger partial charge is 0.492 e. The second kappa shape index (κ2) is 10.1. The topological polar surface area (TPSA) is 72.3 Å². The van der Waals surface area contributed by atoms with Gasteiger partial charge < -0.3 is 19.5 Å². The molecule has 0 aliphatic rings. The predicted molar refractivity (Wildman–Crippen MR) is 135 cm³/mol. The summed E-state index contributed by atoms with van der Waals surface area (Å²) in [6, 6.07) is 15.4. The molecule has 0 saturated heterocycles. The van der Waals surface area contributed by atoms with E-state index in [2.05, 4.69) is 15.2 Å². The summed E-state index contributed by atoms with van der Waals surface area (Å²) in [5.41, 5.74) is 5.14. The van der Waals surface area contributed by atoms with E-state index in [0.29, 0.717) is 17.9 Å². The molecule has 1 atom stereocenters. The summed E-state index contributed by atoms with van der Waals surface area (Å²) >= 11 is 0. The van der Waals surface area contributed by atoms with Crippen LogP contribution in [0.15, 0.2) is 61.1 Å². The number of fused-ring (bicyclic) bond motifs is 1. The minimum absolute atomic E-state index is 0.133. The number of benzene rings is 2. The van der Waals surface area contributed by atoms with Crippen molar-refractivity contribution in [1.29, 1.82) is 0 Å². The fraction of sp³-hybridized carbons (Fsp3) is 0.296. The maximum atomic E-state index is 13.3. The Hall–Kier alpha value is -3.71. The number of aryl methyl sites for hydroxylation is 2. The molecule has 0 bridgehead atoms. The molecule has 176 valence electrons. The lowest BCUT2D eigenvalue weighted by molar-refractivity contribution is 0.0939. The summed E-state index contributed by atoms with van der Waals surface area (Å²) < 4.78 is 7.78. The van der Waals surface area contributed by atoms with Gasteiger partial charge >= 0.3 is 0 Å². The van der Waals surface area contributed by atoms with E-state index >= 15 is 0 Å². The monoisotopic (exact) mass is 457 g/mol. The number of hydrogen-bond acceptors (Lipinski definition) is 5. The third-order valence-electron chi connectivity index (χ3n) is 5.90. The van der Waals surface area contributed by atoms with Crippen molar-refractivity contribution in [2.45, 2.75) is 19.9 Å². The van der Waals surface area contributed by atoms with Gasteiger partial charge in [-0.15, -0.1) is 0 Å². The molecule has 2 aromatic carbocycles. The summed E-state index contributed by atoms with van der Waals surface area (Å²) in [6.07, 6.45) is 3.56. The van der Waals surface area contributed by atoms with E-state index < -0.39 is 0 Å². The minimum atomic E-state index is -0.231. The second-order valence-corrected chi connectivity index (χ2v) is 8.83. The minimum Gasteiger partial charge on any atom is -0.492 e. The fourth-order valence-corrected chi connectivity index (χ4v) is 3.93. The lowest BCUT2D eigenvalue weighted by atomic mass is 10.00. The highest BCUT2D eigenvalue weighted by Crippen LogP contribution is 2.29. The zero-order chi connectivity index (χ0) is 24.2. The van der Waals surface area contributed by atoms with Gasteiger partial charge in [-0.2, -0.15) is 0 Å². The Morgan fingerprint density at radius 1 is 1.18 bits per heavy atom. The molecule has 2 heterocycles. The van der Waals surface area contributed by atoms with Crippen LogP contribution < -0.4 is 10.1 Å². The molecular weight excluding hydrogens is 426 g/mol. The number of carbonyl (C=O) groups excluding carboxylic acids is 1. The van der Waals surface area contributed by atoms with E-state index in [4.69, 9.17) is 9.72 Å². The van der Waals surface area contributed by atoms with Crippen LogP contribution in [0.25, 0.3) is 22.3 Å². The van der Waals surface area contributed by atoms with Crippen LogP contribution in [0.4, 0.5) is 0 Å². The molecule has 34 heavy (non-hydrogen) atoms. The summed E-state index contributed by atoms with van der Waals surface area (Å²) in [7, 11) is 5.95. The number of carbonyl (C=O) groups is 1. The summed E-state index contributed by atoms with van der Waals surface area (Å²) in [5, 5.41) is 4.19. The van der Waals surface area contributed by atoms with Crippen molar-refractivity contribution in [3.63, 3.8) is 0 Å².